The van der Waals surface area contributed by atoms with Gasteiger partial charge in [-0.1, -0.05) is 12.1 Å². The second kappa shape index (κ2) is 7.59. The lowest BCUT2D eigenvalue weighted by molar-refractivity contribution is -0.122. The second-order valence-electron chi connectivity index (χ2n) is 7.37. The molecule has 3 aromatic rings. The normalized spacial score (nSPS) is 12.6. The maximum Gasteiger partial charge on any atom is 0.240 e. The maximum absolute atomic E-state index is 14.4. The Morgan fingerprint density at radius 2 is 1.97 bits per heavy atom. The highest BCUT2D eigenvalue weighted by Crippen LogP contribution is 2.27. The van der Waals surface area contributed by atoms with E-state index in [9.17, 15) is 23.2 Å². The van der Waals surface area contributed by atoms with Crippen molar-refractivity contribution in [1.82, 2.24) is 14.9 Å². The van der Waals surface area contributed by atoms with Gasteiger partial charge >= 0.3 is 0 Å². The zero-order valence-electron chi connectivity index (χ0n) is 16.1. The van der Waals surface area contributed by atoms with Crippen LogP contribution in [0.15, 0.2) is 36.7 Å². The summed E-state index contributed by atoms with van der Waals surface area (Å²) in [6, 6.07) is 8.27. The average molecular weight is 400 g/mol. The first-order chi connectivity index (χ1) is 13.6. The Kier molecular flexibility index (Phi) is 5.33. The third kappa shape index (κ3) is 3.94. The van der Waals surface area contributed by atoms with Crippen molar-refractivity contribution < 1.29 is 18.0 Å². The Bertz CT molecular complexity index is 1130. The summed E-state index contributed by atoms with van der Waals surface area (Å²) in [7, 11) is 0. The Morgan fingerprint density at radius 3 is 2.62 bits per heavy atom. The van der Waals surface area contributed by atoms with Crippen LogP contribution in [0.3, 0.4) is 0 Å². The molecular formula is C21H19F3N4O. The van der Waals surface area contributed by atoms with E-state index in [2.05, 4.69) is 16.4 Å². The van der Waals surface area contributed by atoms with Gasteiger partial charge in [-0.05, 0) is 44.5 Å². The number of nitrogens with zero attached hydrogens (tertiary/aromatic N) is 3. The zero-order valence-corrected chi connectivity index (χ0v) is 16.1. The number of benzene rings is 2. The van der Waals surface area contributed by atoms with E-state index in [1.165, 1.54) is 29.1 Å². The van der Waals surface area contributed by atoms with Crippen LogP contribution in [0.2, 0.25) is 0 Å². The first-order valence-electron chi connectivity index (χ1n) is 8.93. The van der Waals surface area contributed by atoms with E-state index < -0.39 is 34.8 Å². The van der Waals surface area contributed by atoms with Crippen LogP contribution in [-0.2, 0) is 16.8 Å². The largest absolute Gasteiger partial charge is 0.348 e. The zero-order chi connectivity index (χ0) is 21.3. The molecule has 0 radical (unpaired) electrons. The van der Waals surface area contributed by atoms with E-state index in [4.69, 9.17) is 0 Å². The van der Waals surface area contributed by atoms with Crippen molar-refractivity contribution in [3.63, 3.8) is 0 Å². The molecule has 1 unspecified atom stereocenters. The summed E-state index contributed by atoms with van der Waals surface area (Å²) in [6.45, 7) is 4.64. The highest BCUT2D eigenvalue weighted by molar-refractivity contribution is 5.81. The highest BCUT2D eigenvalue weighted by Gasteiger charge is 2.24. The molecule has 0 bridgehead atoms. The minimum atomic E-state index is -1.07. The van der Waals surface area contributed by atoms with Crippen LogP contribution in [-0.4, -0.2) is 15.5 Å². The van der Waals surface area contributed by atoms with Crippen LogP contribution in [0.4, 0.5) is 13.2 Å². The van der Waals surface area contributed by atoms with Gasteiger partial charge in [0.1, 0.15) is 17.9 Å². The summed E-state index contributed by atoms with van der Waals surface area (Å²) in [5.41, 5.74) is -0.0492. The van der Waals surface area contributed by atoms with Gasteiger partial charge in [-0.15, -0.1) is 0 Å². The number of hydrogen-bond donors (Lipinski definition) is 1. The Balaban J connectivity index is 1.76. The molecule has 8 heteroatoms. The van der Waals surface area contributed by atoms with Crippen molar-refractivity contribution >= 4 is 16.9 Å². The number of aromatic nitrogens is 2. The van der Waals surface area contributed by atoms with Gasteiger partial charge < -0.3 is 9.88 Å². The Hall–Kier alpha value is -3.34. The van der Waals surface area contributed by atoms with Crippen LogP contribution in [0.25, 0.3) is 11.0 Å². The summed E-state index contributed by atoms with van der Waals surface area (Å²) in [5, 5.41) is 11.9. The number of rotatable bonds is 5. The molecule has 1 N–H and O–H groups in total. The molecule has 0 aliphatic rings. The van der Waals surface area contributed by atoms with Gasteiger partial charge in [0.05, 0.1) is 29.4 Å². The molecule has 0 saturated carbocycles. The molecule has 29 heavy (non-hydrogen) atoms. The summed E-state index contributed by atoms with van der Waals surface area (Å²) in [5.74, 6) is -3.10. The molecule has 0 aliphatic carbocycles. The lowest BCUT2D eigenvalue weighted by Gasteiger charge is -2.20. The van der Waals surface area contributed by atoms with E-state index in [0.717, 1.165) is 6.07 Å². The quantitative estimate of drug-likeness (QED) is 0.700. The molecule has 150 valence electrons. The summed E-state index contributed by atoms with van der Waals surface area (Å²) in [4.78, 5) is 16.3. The summed E-state index contributed by atoms with van der Waals surface area (Å²) >= 11 is 0. The smallest absolute Gasteiger partial charge is 0.240 e. The van der Waals surface area contributed by atoms with E-state index in [1.54, 1.807) is 26.8 Å². The SMILES string of the molecule is CC(NC(=O)Cn1cnc2ccc(F)c(F)c21)c1ccc(C(C)(C)C#N)c(F)c1. The molecule has 1 atom stereocenters. The molecule has 1 aromatic heterocycles. The van der Waals surface area contributed by atoms with Crippen LogP contribution in [0.1, 0.15) is 37.9 Å². The van der Waals surface area contributed by atoms with E-state index in [1.807, 2.05) is 0 Å². The average Bonchev–Trinajstić information content (AvgIpc) is 3.07. The van der Waals surface area contributed by atoms with Crippen molar-refractivity contribution in [2.75, 3.05) is 0 Å². The fraction of sp³-hybridized carbons (Fsp3) is 0.286. The molecule has 3 rings (SSSR count). The fourth-order valence-corrected chi connectivity index (χ4v) is 3.11. The van der Waals surface area contributed by atoms with Crippen molar-refractivity contribution in [3.8, 4) is 6.07 Å². The molecule has 0 spiro atoms. The fourth-order valence-electron chi connectivity index (χ4n) is 3.11. The van der Waals surface area contributed by atoms with Gasteiger partial charge in [0.25, 0.3) is 0 Å². The van der Waals surface area contributed by atoms with Crippen LogP contribution in [0.5, 0.6) is 0 Å². The van der Waals surface area contributed by atoms with E-state index >= 15 is 0 Å². The first-order valence-corrected chi connectivity index (χ1v) is 8.93. The Morgan fingerprint density at radius 1 is 1.24 bits per heavy atom. The Labute approximate surface area is 165 Å². The summed E-state index contributed by atoms with van der Waals surface area (Å²) < 4.78 is 43.2. The molecule has 5 nitrogen and oxygen atoms in total. The number of amides is 1. The molecular weight excluding hydrogens is 381 g/mol. The van der Waals surface area contributed by atoms with Crippen molar-refractivity contribution in [2.24, 2.45) is 0 Å². The third-order valence-electron chi connectivity index (χ3n) is 4.81. The van der Waals surface area contributed by atoms with Crippen LogP contribution in [0, 0.1) is 28.8 Å². The lowest BCUT2D eigenvalue weighted by Crippen LogP contribution is -2.30. The highest BCUT2D eigenvalue weighted by atomic mass is 19.2. The topological polar surface area (TPSA) is 70.7 Å². The minimum absolute atomic E-state index is 0.0954. The van der Waals surface area contributed by atoms with Gasteiger partial charge in [-0.3, -0.25) is 4.79 Å². The first kappa shape index (κ1) is 20.4. The maximum atomic E-state index is 14.4. The number of hydrogen-bond acceptors (Lipinski definition) is 3. The number of carbonyl (C=O) groups is 1. The number of halogens is 3. The number of nitriles is 1. The van der Waals surface area contributed by atoms with Gasteiger partial charge in [0.2, 0.25) is 5.91 Å². The number of nitrogens with one attached hydrogen (secondary N) is 1. The van der Waals surface area contributed by atoms with E-state index in [0.29, 0.717) is 5.56 Å². The van der Waals surface area contributed by atoms with Crippen molar-refractivity contribution in [2.45, 2.75) is 38.8 Å². The second-order valence-corrected chi connectivity index (χ2v) is 7.37. The predicted octanol–water partition coefficient (Wildman–Crippen LogP) is 4.13. The number of carbonyl (C=O) groups excluding carboxylic acids is 1. The molecule has 0 aliphatic heterocycles. The van der Waals surface area contributed by atoms with Crippen molar-refractivity contribution in [3.05, 3.63) is 65.2 Å². The lowest BCUT2D eigenvalue weighted by atomic mass is 9.85. The molecule has 0 saturated heterocycles. The molecule has 2 aromatic carbocycles. The van der Waals surface area contributed by atoms with Crippen LogP contribution < -0.4 is 5.32 Å². The van der Waals surface area contributed by atoms with Crippen LogP contribution >= 0.6 is 0 Å². The number of imidazole rings is 1. The molecule has 1 heterocycles. The van der Waals surface area contributed by atoms with Gasteiger partial charge in [-0.25, -0.2) is 18.2 Å². The van der Waals surface area contributed by atoms with Gasteiger partial charge in [0, 0.05) is 5.56 Å². The monoisotopic (exact) mass is 400 g/mol. The predicted molar refractivity (Wildman–Crippen MR) is 101 cm³/mol. The number of fused-ring (bicyclic) bond motifs is 1. The van der Waals surface area contributed by atoms with Crippen molar-refractivity contribution in [1.29, 1.82) is 5.26 Å². The summed E-state index contributed by atoms with van der Waals surface area (Å²) in [6.07, 6.45) is 1.26. The van der Waals surface area contributed by atoms with Gasteiger partial charge in [-0.2, -0.15) is 5.26 Å². The molecule has 1 amide bonds. The minimum Gasteiger partial charge on any atom is -0.348 e. The van der Waals surface area contributed by atoms with Gasteiger partial charge in [0.15, 0.2) is 11.6 Å². The molecule has 0 fully saturated rings. The van der Waals surface area contributed by atoms with E-state index in [-0.39, 0.29) is 23.1 Å². The standard InChI is InChI=1S/C21H19F3N4O/c1-12(13-4-5-14(16(23)8-13)21(2,3)10-25)27-18(29)9-28-11-26-17-7-6-15(22)19(24)20(17)28/h4-8,11-12H,9H2,1-3H3,(H,27,29). The third-order valence-corrected chi connectivity index (χ3v) is 4.81.